The number of aryl methyl sites for hydroxylation is 1. The number of rotatable bonds is 5. The minimum atomic E-state index is -0.232. The number of amides is 2. The quantitative estimate of drug-likeness (QED) is 0.661. The van der Waals surface area contributed by atoms with E-state index < -0.39 is 0 Å². The number of anilines is 1. The third-order valence-electron chi connectivity index (χ3n) is 4.38. The lowest BCUT2D eigenvalue weighted by atomic mass is 10.1. The van der Waals surface area contributed by atoms with E-state index in [4.69, 9.17) is 4.74 Å². The highest BCUT2D eigenvalue weighted by Crippen LogP contribution is 2.35. The number of nitrogens with one attached hydrogen (secondary N) is 2. The summed E-state index contributed by atoms with van der Waals surface area (Å²) in [6, 6.07) is 10.9. The Kier molecular flexibility index (Phi) is 5.32. The predicted molar refractivity (Wildman–Crippen MR) is 107 cm³/mol. The minimum Gasteiger partial charge on any atom is -0.497 e. The maximum absolute atomic E-state index is 12.4. The summed E-state index contributed by atoms with van der Waals surface area (Å²) < 4.78 is 7.23. The minimum absolute atomic E-state index is 0.115. The Morgan fingerprint density at radius 3 is 2.42 bits per heavy atom. The van der Waals surface area contributed by atoms with Crippen molar-refractivity contribution >= 4 is 23.1 Å². The Bertz CT molecular complexity index is 883. The number of nitrogens with zero attached hydrogens (tertiary/aromatic N) is 1. The van der Waals surface area contributed by atoms with E-state index in [0.29, 0.717) is 0 Å². The number of benzene rings is 1. The predicted octanol–water partition coefficient (Wildman–Crippen LogP) is 5.05. The maximum atomic E-state index is 12.4. The summed E-state index contributed by atoms with van der Waals surface area (Å²) in [4.78, 5) is 13.7. The van der Waals surface area contributed by atoms with Gasteiger partial charge in [-0.3, -0.25) is 0 Å². The van der Waals surface area contributed by atoms with E-state index >= 15 is 0 Å². The molecule has 0 aliphatic heterocycles. The first-order valence-corrected chi connectivity index (χ1v) is 9.26. The third-order valence-corrected chi connectivity index (χ3v) is 5.62. The standard InChI is InChI=1S/C20H23N3O2S/c1-13-15(3)26-19(23-11-5-6-12-23)18(13)14(2)21-20(24)22-16-7-9-17(25-4)10-8-16/h5-12,14H,1-4H3,(H2,21,22,24)/t14-/m0/s1. The summed E-state index contributed by atoms with van der Waals surface area (Å²) in [5, 5.41) is 7.05. The first-order valence-electron chi connectivity index (χ1n) is 8.44. The van der Waals surface area contributed by atoms with Gasteiger partial charge in [-0.2, -0.15) is 0 Å². The van der Waals surface area contributed by atoms with Crippen molar-refractivity contribution in [3.05, 3.63) is 64.8 Å². The van der Waals surface area contributed by atoms with Gasteiger partial charge in [-0.25, -0.2) is 4.79 Å². The van der Waals surface area contributed by atoms with E-state index in [9.17, 15) is 4.79 Å². The smallest absolute Gasteiger partial charge is 0.319 e. The summed E-state index contributed by atoms with van der Waals surface area (Å²) in [7, 11) is 1.62. The van der Waals surface area contributed by atoms with Gasteiger partial charge in [0.2, 0.25) is 0 Å². The van der Waals surface area contributed by atoms with Crippen LogP contribution in [-0.2, 0) is 0 Å². The normalized spacial score (nSPS) is 11.8. The molecule has 0 spiro atoms. The molecule has 2 aromatic heterocycles. The fourth-order valence-corrected chi connectivity index (χ4v) is 4.13. The number of ether oxygens (including phenoxy) is 1. The molecule has 0 fully saturated rings. The SMILES string of the molecule is COc1ccc(NC(=O)N[C@@H](C)c2c(-n3cccc3)sc(C)c2C)cc1. The van der Waals surface area contributed by atoms with Gasteiger partial charge in [-0.15, -0.1) is 11.3 Å². The zero-order valence-corrected chi connectivity index (χ0v) is 16.2. The molecule has 3 aromatic rings. The van der Waals surface area contributed by atoms with Crippen LogP contribution in [0.2, 0.25) is 0 Å². The van der Waals surface area contributed by atoms with Crippen molar-refractivity contribution in [2.45, 2.75) is 26.8 Å². The van der Waals surface area contributed by atoms with Crippen molar-refractivity contribution in [2.75, 3.05) is 12.4 Å². The molecule has 0 radical (unpaired) electrons. The summed E-state index contributed by atoms with van der Waals surface area (Å²) in [5.41, 5.74) is 3.09. The van der Waals surface area contributed by atoms with Gasteiger partial charge < -0.3 is 19.9 Å². The molecule has 3 rings (SSSR count). The number of urea groups is 1. The Balaban J connectivity index is 1.75. The summed E-state index contributed by atoms with van der Waals surface area (Å²) in [6.45, 7) is 6.23. The van der Waals surface area contributed by atoms with Crippen LogP contribution in [0.3, 0.4) is 0 Å². The van der Waals surface area contributed by atoms with Gasteiger partial charge in [0.25, 0.3) is 0 Å². The van der Waals surface area contributed by atoms with Crippen LogP contribution in [0.25, 0.3) is 5.00 Å². The molecule has 5 nitrogen and oxygen atoms in total. The van der Waals surface area contributed by atoms with Crippen LogP contribution in [0.5, 0.6) is 5.75 Å². The van der Waals surface area contributed by atoms with Gasteiger partial charge in [-0.05, 0) is 62.7 Å². The lowest BCUT2D eigenvalue weighted by Gasteiger charge is -2.17. The van der Waals surface area contributed by atoms with Crippen molar-refractivity contribution in [3.8, 4) is 10.8 Å². The van der Waals surface area contributed by atoms with Crippen LogP contribution in [0, 0.1) is 13.8 Å². The molecule has 0 aliphatic carbocycles. The van der Waals surface area contributed by atoms with Crippen molar-refractivity contribution in [2.24, 2.45) is 0 Å². The molecular weight excluding hydrogens is 346 g/mol. The van der Waals surface area contributed by atoms with Crippen molar-refractivity contribution in [1.82, 2.24) is 9.88 Å². The lowest BCUT2D eigenvalue weighted by molar-refractivity contribution is 0.249. The third kappa shape index (κ3) is 3.75. The van der Waals surface area contributed by atoms with Gasteiger partial charge in [0.05, 0.1) is 13.2 Å². The van der Waals surface area contributed by atoms with Crippen LogP contribution < -0.4 is 15.4 Å². The average molecular weight is 369 g/mol. The van der Waals surface area contributed by atoms with E-state index in [2.05, 4.69) is 29.0 Å². The first-order chi connectivity index (χ1) is 12.5. The fraction of sp³-hybridized carbons (Fsp3) is 0.250. The molecule has 1 aromatic carbocycles. The number of carbonyl (C=O) groups excluding carboxylic acids is 1. The average Bonchev–Trinajstić information content (AvgIpc) is 3.24. The van der Waals surface area contributed by atoms with E-state index in [1.165, 1.54) is 10.4 Å². The molecule has 2 N–H and O–H groups in total. The van der Waals surface area contributed by atoms with E-state index in [-0.39, 0.29) is 12.1 Å². The molecule has 2 heterocycles. The zero-order chi connectivity index (χ0) is 18.7. The molecule has 0 saturated heterocycles. The molecule has 0 bridgehead atoms. The first kappa shape index (κ1) is 18.1. The molecule has 2 amide bonds. The number of methoxy groups -OCH3 is 1. The van der Waals surface area contributed by atoms with Gasteiger partial charge in [0.15, 0.2) is 0 Å². The number of hydrogen-bond donors (Lipinski definition) is 2. The van der Waals surface area contributed by atoms with Gasteiger partial charge in [0, 0.05) is 28.5 Å². The zero-order valence-electron chi connectivity index (χ0n) is 15.4. The molecule has 136 valence electrons. The largest absolute Gasteiger partial charge is 0.497 e. The van der Waals surface area contributed by atoms with Crippen molar-refractivity contribution in [3.63, 3.8) is 0 Å². The van der Waals surface area contributed by atoms with E-state index in [1.54, 1.807) is 18.4 Å². The Morgan fingerprint density at radius 2 is 1.81 bits per heavy atom. The molecular formula is C20H23N3O2S. The molecule has 0 aliphatic rings. The van der Waals surface area contributed by atoms with Crippen LogP contribution in [0.15, 0.2) is 48.8 Å². The summed E-state index contributed by atoms with van der Waals surface area (Å²) >= 11 is 1.74. The Labute approximate surface area is 157 Å². The van der Waals surface area contributed by atoms with Gasteiger partial charge >= 0.3 is 6.03 Å². The van der Waals surface area contributed by atoms with Crippen LogP contribution in [0.1, 0.15) is 29.0 Å². The topological polar surface area (TPSA) is 55.3 Å². The number of carbonyl (C=O) groups is 1. The van der Waals surface area contributed by atoms with Crippen LogP contribution >= 0.6 is 11.3 Å². The van der Waals surface area contributed by atoms with Crippen molar-refractivity contribution < 1.29 is 9.53 Å². The summed E-state index contributed by atoms with van der Waals surface area (Å²) in [6.07, 6.45) is 4.05. The second kappa shape index (κ2) is 7.66. The number of aromatic nitrogens is 1. The van der Waals surface area contributed by atoms with Crippen molar-refractivity contribution in [1.29, 1.82) is 0 Å². The maximum Gasteiger partial charge on any atom is 0.319 e. The Morgan fingerprint density at radius 1 is 1.15 bits per heavy atom. The van der Waals surface area contributed by atoms with Crippen LogP contribution in [-0.4, -0.2) is 17.7 Å². The molecule has 26 heavy (non-hydrogen) atoms. The second-order valence-corrected chi connectivity index (χ2v) is 7.34. The van der Waals surface area contributed by atoms with E-state index in [1.807, 2.05) is 55.7 Å². The molecule has 1 atom stereocenters. The van der Waals surface area contributed by atoms with Gasteiger partial charge in [-0.1, -0.05) is 0 Å². The summed E-state index contributed by atoms with van der Waals surface area (Å²) in [5.74, 6) is 0.755. The molecule has 0 saturated carbocycles. The second-order valence-electron chi connectivity index (χ2n) is 6.14. The molecule has 6 heteroatoms. The highest BCUT2D eigenvalue weighted by atomic mass is 32.1. The number of thiophene rings is 1. The Hall–Kier alpha value is -2.73. The highest BCUT2D eigenvalue weighted by Gasteiger charge is 2.20. The van der Waals surface area contributed by atoms with E-state index in [0.717, 1.165) is 22.0 Å². The van der Waals surface area contributed by atoms with Gasteiger partial charge in [0.1, 0.15) is 10.8 Å². The number of hydrogen-bond acceptors (Lipinski definition) is 3. The molecule has 0 unspecified atom stereocenters. The monoisotopic (exact) mass is 369 g/mol. The lowest BCUT2D eigenvalue weighted by Crippen LogP contribution is -2.31. The van der Waals surface area contributed by atoms with Crippen LogP contribution in [0.4, 0.5) is 10.5 Å². The fourth-order valence-electron chi connectivity index (χ4n) is 2.91. The highest BCUT2D eigenvalue weighted by molar-refractivity contribution is 7.14.